The molecule has 0 unspecified atom stereocenters. The topological polar surface area (TPSA) is 66.8 Å². The van der Waals surface area contributed by atoms with Crippen molar-refractivity contribution >= 4 is 12.1 Å². The summed E-state index contributed by atoms with van der Waals surface area (Å²) in [5, 5.41) is 9.41. The lowest BCUT2D eigenvalue weighted by atomic mass is 9.89. The lowest BCUT2D eigenvalue weighted by Gasteiger charge is -2.23. The average Bonchev–Trinajstić information content (AvgIpc) is 3.18. The number of aryl methyl sites for hydroxylation is 1. The molecular formula is C32H29NO4. The molecule has 5 heteroatoms. The number of carboxylic acid groups (broad SMARTS) is 1. The van der Waals surface area contributed by atoms with Crippen molar-refractivity contribution in [3.8, 4) is 22.3 Å². The predicted molar refractivity (Wildman–Crippen MR) is 144 cm³/mol. The third kappa shape index (κ3) is 5.12. The standard InChI is InChI=1S/C32H29NO4/c1-21-13-15-28(29-18-23(19-30(34)35)14-16-27(29)24-9-5-3-6-10-24)26(17-21)20-33-22(2)31(37-32(33)36)25-11-7-4-8-12-25/h3-18,22,31H,19-20H2,1-2H3,(H,34,35)/t22-,31-/m0/s1. The molecule has 186 valence electrons. The number of ether oxygens (including phenoxy) is 1. The van der Waals surface area contributed by atoms with Crippen LogP contribution in [0.4, 0.5) is 4.79 Å². The van der Waals surface area contributed by atoms with E-state index in [9.17, 15) is 14.7 Å². The van der Waals surface area contributed by atoms with Crippen LogP contribution in [0.15, 0.2) is 97.1 Å². The van der Waals surface area contributed by atoms with Crippen molar-refractivity contribution in [2.24, 2.45) is 0 Å². The monoisotopic (exact) mass is 491 g/mol. The molecule has 1 fully saturated rings. The number of amides is 1. The molecule has 5 nitrogen and oxygen atoms in total. The van der Waals surface area contributed by atoms with Gasteiger partial charge in [0, 0.05) is 0 Å². The fourth-order valence-corrected chi connectivity index (χ4v) is 5.07. The Morgan fingerprint density at radius 1 is 0.865 bits per heavy atom. The number of carbonyl (C=O) groups is 2. The highest BCUT2D eigenvalue weighted by Gasteiger charge is 2.39. The minimum atomic E-state index is -0.872. The second-order valence-corrected chi connectivity index (χ2v) is 9.56. The predicted octanol–water partition coefficient (Wildman–Crippen LogP) is 7.04. The lowest BCUT2D eigenvalue weighted by molar-refractivity contribution is -0.136. The highest BCUT2D eigenvalue weighted by molar-refractivity contribution is 5.86. The first-order chi connectivity index (χ1) is 17.9. The molecule has 37 heavy (non-hydrogen) atoms. The molecule has 1 N–H and O–H groups in total. The van der Waals surface area contributed by atoms with Crippen LogP contribution in [-0.2, 0) is 22.5 Å². The molecule has 2 atom stereocenters. The maximum Gasteiger partial charge on any atom is 0.411 e. The van der Waals surface area contributed by atoms with Crippen LogP contribution in [0.5, 0.6) is 0 Å². The van der Waals surface area contributed by atoms with Crippen molar-refractivity contribution < 1.29 is 19.4 Å². The summed E-state index contributed by atoms with van der Waals surface area (Å²) in [4.78, 5) is 26.3. The second kappa shape index (κ2) is 10.3. The number of carboxylic acids is 1. The highest BCUT2D eigenvalue weighted by atomic mass is 16.6. The van der Waals surface area contributed by atoms with Crippen LogP contribution in [0.25, 0.3) is 22.3 Å². The number of rotatable bonds is 7. The van der Waals surface area contributed by atoms with Crippen molar-refractivity contribution in [3.05, 3.63) is 119 Å². The van der Waals surface area contributed by atoms with Gasteiger partial charge in [0.2, 0.25) is 0 Å². The molecular weight excluding hydrogens is 462 g/mol. The summed E-state index contributed by atoms with van der Waals surface area (Å²) in [6, 6.07) is 31.8. The van der Waals surface area contributed by atoms with Crippen LogP contribution in [0.3, 0.4) is 0 Å². The highest BCUT2D eigenvalue weighted by Crippen LogP contribution is 2.38. The molecule has 0 spiro atoms. The van der Waals surface area contributed by atoms with Crippen LogP contribution in [0.1, 0.15) is 35.3 Å². The van der Waals surface area contributed by atoms with Gasteiger partial charge in [-0.15, -0.1) is 0 Å². The number of nitrogens with zero attached hydrogens (tertiary/aromatic N) is 1. The number of carbonyl (C=O) groups excluding carboxylic acids is 1. The van der Waals surface area contributed by atoms with Crippen molar-refractivity contribution in [3.63, 3.8) is 0 Å². The number of aliphatic carboxylic acids is 1. The normalized spacial score (nSPS) is 17.0. The SMILES string of the molecule is Cc1ccc(-c2cc(CC(=O)O)ccc2-c2ccccc2)c(CN2C(=O)O[C@H](c3ccccc3)[C@@H]2C)c1. The van der Waals surface area contributed by atoms with Crippen molar-refractivity contribution in [2.75, 3.05) is 0 Å². The Labute approximate surface area is 217 Å². The smallest absolute Gasteiger partial charge is 0.411 e. The largest absolute Gasteiger partial charge is 0.481 e. The molecule has 0 aliphatic carbocycles. The van der Waals surface area contributed by atoms with Gasteiger partial charge in [-0.2, -0.15) is 0 Å². The molecule has 1 amide bonds. The van der Waals surface area contributed by atoms with E-state index in [1.54, 1.807) is 4.90 Å². The van der Waals surface area contributed by atoms with Gasteiger partial charge in [-0.1, -0.05) is 96.6 Å². The van der Waals surface area contributed by atoms with E-state index < -0.39 is 5.97 Å². The van der Waals surface area contributed by atoms with E-state index >= 15 is 0 Å². The Kier molecular flexibility index (Phi) is 6.78. The number of hydrogen-bond donors (Lipinski definition) is 1. The Hall–Kier alpha value is -4.38. The van der Waals surface area contributed by atoms with E-state index in [4.69, 9.17) is 4.74 Å². The van der Waals surface area contributed by atoms with Crippen LogP contribution < -0.4 is 0 Å². The summed E-state index contributed by atoms with van der Waals surface area (Å²) >= 11 is 0. The fraction of sp³-hybridized carbons (Fsp3) is 0.188. The maximum absolute atomic E-state index is 13.0. The van der Waals surface area contributed by atoms with Gasteiger partial charge in [0.15, 0.2) is 0 Å². The van der Waals surface area contributed by atoms with Crippen LogP contribution in [-0.4, -0.2) is 28.1 Å². The van der Waals surface area contributed by atoms with Crippen molar-refractivity contribution in [1.82, 2.24) is 4.90 Å². The molecule has 1 heterocycles. The molecule has 0 aromatic heterocycles. The minimum absolute atomic E-state index is 0.0580. The van der Waals surface area contributed by atoms with Crippen molar-refractivity contribution in [2.45, 2.75) is 39.0 Å². The average molecular weight is 492 g/mol. The van der Waals surface area contributed by atoms with Crippen LogP contribution in [0.2, 0.25) is 0 Å². The van der Waals surface area contributed by atoms with E-state index in [-0.39, 0.29) is 24.7 Å². The summed E-state index contributed by atoms with van der Waals surface area (Å²) in [6.07, 6.45) is -0.727. The van der Waals surface area contributed by atoms with Gasteiger partial charge >= 0.3 is 12.1 Å². The molecule has 0 bridgehead atoms. The van der Waals surface area contributed by atoms with Crippen LogP contribution >= 0.6 is 0 Å². The Morgan fingerprint density at radius 2 is 1.54 bits per heavy atom. The maximum atomic E-state index is 13.0. The Bertz CT molecular complexity index is 1430. The summed E-state index contributed by atoms with van der Waals surface area (Å²) in [5.41, 5.74) is 7.75. The lowest BCUT2D eigenvalue weighted by Crippen LogP contribution is -2.31. The van der Waals surface area contributed by atoms with Gasteiger partial charge in [0.05, 0.1) is 19.0 Å². The van der Waals surface area contributed by atoms with E-state index in [0.717, 1.165) is 44.5 Å². The zero-order chi connectivity index (χ0) is 25.9. The summed E-state index contributed by atoms with van der Waals surface area (Å²) in [6.45, 7) is 4.43. The first-order valence-corrected chi connectivity index (χ1v) is 12.4. The molecule has 0 saturated carbocycles. The van der Waals surface area contributed by atoms with Gasteiger partial charge in [-0.05, 0) is 58.9 Å². The first-order valence-electron chi connectivity index (χ1n) is 12.4. The van der Waals surface area contributed by atoms with Gasteiger partial charge in [0.1, 0.15) is 6.10 Å². The second-order valence-electron chi connectivity index (χ2n) is 9.56. The zero-order valence-electron chi connectivity index (χ0n) is 20.9. The van der Waals surface area contributed by atoms with Gasteiger partial charge in [-0.25, -0.2) is 4.79 Å². The molecule has 1 aliphatic rings. The van der Waals surface area contributed by atoms with Gasteiger partial charge in [0.25, 0.3) is 0 Å². The van der Waals surface area contributed by atoms with Crippen molar-refractivity contribution in [1.29, 1.82) is 0 Å². The third-order valence-electron chi connectivity index (χ3n) is 6.94. The molecule has 1 saturated heterocycles. The quantitative estimate of drug-likeness (QED) is 0.301. The van der Waals surface area contributed by atoms with E-state index in [0.29, 0.717) is 6.54 Å². The van der Waals surface area contributed by atoms with E-state index in [1.165, 1.54) is 0 Å². The molecule has 4 aromatic carbocycles. The molecule has 0 radical (unpaired) electrons. The summed E-state index contributed by atoms with van der Waals surface area (Å²) in [7, 11) is 0. The molecule has 4 aromatic rings. The summed E-state index contributed by atoms with van der Waals surface area (Å²) < 4.78 is 5.80. The number of benzene rings is 4. The number of cyclic esters (lactones) is 1. The van der Waals surface area contributed by atoms with Crippen LogP contribution in [0, 0.1) is 6.92 Å². The molecule has 5 rings (SSSR count). The molecule has 1 aliphatic heterocycles. The first kappa shape index (κ1) is 24.3. The summed E-state index contributed by atoms with van der Waals surface area (Å²) in [5.74, 6) is -0.872. The third-order valence-corrected chi connectivity index (χ3v) is 6.94. The number of hydrogen-bond acceptors (Lipinski definition) is 3. The minimum Gasteiger partial charge on any atom is -0.481 e. The Morgan fingerprint density at radius 3 is 2.24 bits per heavy atom. The zero-order valence-corrected chi connectivity index (χ0v) is 20.9. The van der Waals surface area contributed by atoms with Gasteiger partial charge < -0.3 is 9.84 Å². The Balaban J connectivity index is 1.57. The fourth-order valence-electron chi connectivity index (χ4n) is 5.07. The van der Waals surface area contributed by atoms with Gasteiger partial charge in [-0.3, -0.25) is 9.69 Å². The van der Waals surface area contributed by atoms with E-state index in [2.05, 4.69) is 18.2 Å². The van der Waals surface area contributed by atoms with E-state index in [1.807, 2.05) is 92.7 Å².